The molecule has 82 valence electrons. The molecule has 0 aliphatic rings. The second-order valence-corrected chi connectivity index (χ2v) is 4.66. The van der Waals surface area contributed by atoms with Crippen molar-refractivity contribution in [3.05, 3.63) is 23.7 Å². The molecule has 0 saturated carbocycles. The second-order valence-electron chi connectivity index (χ2n) is 3.02. The fourth-order valence-corrected chi connectivity index (χ4v) is 1.99. The van der Waals surface area contributed by atoms with Gasteiger partial charge in [0, 0.05) is 0 Å². The molecule has 0 atom stereocenters. The van der Waals surface area contributed by atoms with Gasteiger partial charge in [-0.25, -0.2) is 0 Å². The molecule has 0 aromatic rings. The van der Waals surface area contributed by atoms with E-state index in [4.69, 9.17) is 6.15 Å². The van der Waals surface area contributed by atoms with Crippen molar-refractivity contribution in [3.63, 3.8) is 0 Å². The first-order valence-electron chi connectivity index (χ1n) is 4.38. The van der Waals surface area contributed by atoms with Gasteiger partial charge in [0.2, 0.25) is 0 Å². The van der Waals surface area contributed by atoms with Gasteiger partial charge in [0.1, 0.15) is 0 Å². The summed E-state index contributed by atoms with van der Waals surface area (Å²) < 4.78 is 10.5. The minimum absolute atomic E-state index is 0.0529. The van der Waals surface area contributed by atoms with Gasteiger partial charge in [0.15, 0.2) is 0 Å². The summed E-state index contributed by atoms with van der Waals surface area (Å²) in [5.41, 5.74) is 0. The summed E-state index contributed by atoms with van der Waals surface area (Å²) in [6.45, 7) is 6.32. The molecule has 0 amide bonds. The molecule has 0 aliphatic heterocycles. The van der Waals surface area contributed by atoms with Gasteiger partial charge in [0.25, 0.3) is 0 Å². The molecule has 0 aromatic carbocycles. The van der Waals surface area contributed by atoms with Crippen molar-refractivity contribution in [1.82, 2.24) is 0 Å². The van der Waals surface area contributed by atoms with Crippen LogP contribution in [-0.2, 0) is 15.7 Å². The van der Waals surface area contributed by atoms with E-state index in [0.29, 0.717) is 11.5 Å². The third kappa shape index (κ3) is 9.52. The molecule has 4 nitrogen and oxygen atoms in total. The van der Waals surface area contributed by atoms with Crippen LogP contribution >= 0.6 is 0 Å². The van der Waals surface area contributed by atoms with E-state index in [2.05, 4.69) is 0 Å². The normalized spacial score (nSPS) is 12.3. The van der Waals surface area contributed by atoms with E-state index in [1.165, 1.54) is 26.0 Å². The first-order chi connectivity index (χ1) is 6.91. The number of hydrogen-bond acceptors (Lipinski definition) is 4. The Morgan fingerprint density at radius 1 is 0.867 bits per heavy atom. The maximum atomic E-state index is 10.7. The topological polar surface area (TPSA) is 52.6 Å². The average molecular weight is 317 g/mol. The van der Waals surface area contributed by atoms with Crippen LogP contribution in [0.5, 0.6) is 0 Å². The van der Waals surface area contributed by atoms with Crippen molar-refractivity contribution in [3.8, 4) is 0 Å². The molecule has 0 rings (SSSR count). The molecule has 0 bridgehead atoms. The summed E-state index contributed by atoms with van der Waals surface area (Å²) in [6.07, 6.45) is 2.82. The Hall–Kier alpha value is -0.781. The summed E-state index contributed by atoms with van der Waals surface area (Å²) in [4.78, 5) is 21.3. The molecule has 0 aromatic heterocycles. The standard InChI is InChI=1S/2C5H8O2.Sn/c2*1-4(6)3-5(2)7;/h2*3,6H,1-2H3;/q;;+2/p-2/b4-3+;4-3-;. The molecule has 0 spiro atoms. The van der Waals surface area contributed by atoms with Gasteiger partial charge in [-0.05, 0) is 0 Å². The van der Waals surface area contributed by atoms with Gasteiger partial charge in [-0.2, -0.15) is 0 Å². The van der Waals surface area contributed by atoms with Crippen molar-refractivity contribution < 1.29 is 15.7 Å². The zero-order valence-corrected chi connectivity index (χ0v) is 12.1. The van der Waals surface area contributed by atoms with Crippen LogP contribution in [0.1, 0.15) is 27.7 Å². The van der Waals surface area contributed by atoms with E-state index in [9.17, 15) is 9.59 Å². The summed E-state index contributed by atoms with van der Waals surface area (Å²) in [5.74, 6) is 1.01. The first-order valence-corrected chi connectivity index (χ1v) is 6.71. The summed E-state index contributed by atoms with van der Waals surface area (Å²) in [6, 6.07) is 0. The zero-order chi connectivity index (χ0) is 11.8. The van der Waals surface area contributed by atoms with E-state index in [1.54, 1.807) is 13.8 Å². The van der Waals surface area contributed by atoms with Crippen LogP contribution in [0.2, 0.25) is 0 Å². The minimum atomic E-state index is -1.48. The SMILES string of the molecule is CC(=O)/C=C(/C)[O][Sn][O]/C(C)=C/C(C)=O. The van der Waals surface area contributed by atoms with Crippen molar-refractivity contribution in [2.45, 2.75) is 27.7 Å². The zero-order valence-electron chi connectivity index (χ0n) is 9.29. The first kappa shape index (κ1) is 14.2. The number of carbonyl (C=O) groups is 2. The van der Waals surface area contributed by atoms with E-state index in [1.807, 2.05) is 0 Å². The summed E-state index contributed by atoms with van der Waals surface area (Å²) in [7, 11) is 0. The summed E-state index contributed by atoms with van der Waals surface area (Å²) >= 11 is -1.48. The Bertz CT molecular complexity index is 275. The van der Waals surface area contributed by atoms with Crippen LogP contribution < -0.4 is 0 Å². The van der Waals surface area contributed by atoms with Gasteiger partial charge in [-0.3, -0.25) is 0 Å². The predicted octanol–water partition coefficient (Wildman–Crippen LogP) is 1.54. The number of ketones is 2. The van der Waals surface area contributed by atoms with E-state index >= 15 is 0 Å². The second kappa shape index (κ2) is 7.50. The predicted molar refractivity (Wildman–Crippen MR) is 56.8 cm³/mol. The molecule has 0 saturated heterocycles. The molecule has 0 unspecified atom stereocenters. The Morgan fingerprint density at radius 2 is 1.20 bits per heavy atom. The quantitative estimate of drug-likeness (QED) is 0.424. The third-order valence-electron chi connectivity index (χ3n) is 1.22. The van der Waals surface area contributed by atoms with Crippen LogP contribution in [0.25, 0.3) is 0 Å². The van der Waals surface area contributed by atoms with Crippen LogP contribution in [0.15, 0.2) is 23.7 Å². The van der Waals surface area contributed by atoms with E-state index < -0.39 is 22.0 Å². The number of carbonyl (C=O) groups excluding carboxylic acids is 2. The molecule has 5 heteroatoms. The fourth-order valence-electron chi connectivity index (χ4n) is 0.784. The Labute approximate surface area is 101 Å². The molecular formula is C10H14O4Sn. The maximum absolute atomic E-state index is 10.7. The van der Waals surface area contributed by atoms with Crippen molar-refractivity contribution >= 4 is 33.5 Å². The molecule has 0 heterocycles. The molecular weight excluding hydrogens is 303 g/mol. The average Bonchev–Trinajstić information content (AvgIpc) is 2.00. The third-order valence-corrected chi connectivity index (χ3v) is 3.53. The Balaban J connectivity index is 3.90. The number of hydrogen-bond donors (Lipinski definition) is 0. The van der Waals surface area contributed by atoms with Gasteiger partial charge in [-0.1, -0.05) is 0 Å². The molecule has 0 N–H and O–H groups in total. The number of allylic oxidation sites excluding steroid dienone is 4. The Morgan fingerprint density at radius 3 is 1.47 bits per heavy atom. The van der Waals surface area contributed by atoms with Gasteiger partial charge >= 0.3 is 101 Å². The van der Waals surface area contributed by atoms with E-state index in [-0.39, 0.29) is 11.6 Å². The van der Waals surface area contributed by atoms with Gasteiger partial charge in [0.05, 0.1) is 0 Å². The molecule has 0 fully saturated rings. The van der Waals surface area contributed by atoms with E-state index in [0.717, 1.165) is 0 Å². The van der Waals surface area contributed by atoms with Crippen molar-refractivity contribution in [2.24, 2.45) is 0 Å². The molecule has 0 aliphatic carbocycles. The van der Waals surface area contributed by atoms with Crippen molar-refractivity contribution in [2.75, 3.05) is 0 Å². The fraction of sp³-hybridized carbons (Fsp3) is 0.400. The molecule has 15 heavy (non-hydrogen) atoms. The van der Waals surface area contributed by atoms with Crippen LogP contribution in [0, 0.1) is 0 Å². The van der Waals surface area contributed by atoms with Crippen LogP contribution in [0.3, 0.4) is 0 Å². The monoisotopic (exact) mass is 318 g/mol. The van der Waals surface area contributed by atoms with Crippen LogP contribution in [-0.4, -0.2) is 33.5 Å². The van der Waals surface area contributed by atoms with Crippen molar-refractivity contribution in [1.29, 1.82) is 0 Å². The molecule has 2 radical (unpaired) electrons. The van der Waals surface area contributed by atoms with Gasteiger partial charge in [-0.15, -0.1) is 0 Å². The Kier molecular flexibility index (Phi) is 7.11. The number of rotatable bonds is 6. The summed E-state index contributed by atoms with van der Waals surface area (Å²) in [5, 5.41) is 0. The van der Waals surface area contributed by atoms with Crippen LogP contribution in [0.4, 0.5) is 0 Å². The van der Waals surface area contributed by atoms with Gasteiger partial charge < -0.3 is 0 Å².